The first-order chi connectivity index (χ1) is 10.1. The number of hydrogen-bond acceptors (Lipinski definition) is 4. The predicted molar refractivity (Wildman–Crippen MR) is 75.7 cm³/mol. The molecule has 0 aliphatic carbocycles. The van der Waals surface area contributed by atoms with E-state index in [1.165, 1.54) is 0 Å². The van der Waals surface area contributed by atoms with Gasteiger partial charge in [0.25, 0.3) is 0 Å². The van der Waals surface area contributed by atoms with Crippen molar-refractivity contribution < 1.29 is 19.4 Å². The van der Waals surface area contributed by atoms with Crippen molar-refractivity contribution in [1.82, 2.24) is 9.88 Å². The van der Waals surface area contributed by atoms with E-state index in [1.54, 1.807) is 17.3 Å². The van der Waals surface area contributed by atoms with Crippen molar-refractivity contribution in [2.24, 2.45) is 5.92 Å². The summed E-state index contributed by atoms with van der Waals surface area (Å²) in [6, 6.07) is 3.40. The summed E-state index contributed by atoms with van der Waals surface area (Å²) in [5.41, 5.74) is 0.999. The number of hydrogen-bond donors (Lipinski definition) is 1. The molecule has 1 amide bonds. The van der Waals surface area contributed by atoms with Gasteiger partial charge in [-0.2, -0.15) is 0 Å². The standard InChI is InChI=1S/C15H20N2O4/c1-2-17(13-10-21-9-12(13)15(19)20)14(18)6-5-11-4-3-7-16-8-11/h3-4,7-8,12-13H,2,5-6,9-10H2,1H3,(H,19,20). The molecule has 6 nitrogen and oxygen atoms in total. The monoisotopic (exact) mass is 292 g/mol. The topological polar surface area (TPSA) is 79.7 Å². The molecule has 1 aromatic heterocycles. The van der Waals surface area contributed by atoms with E-state index in [4.69, 9.17) is 4.74 Å². The predicted octanol–water partition coefficient (Wildman–Crippen LogP) is 0.962. The summed E-state index contributed by atoms with van der Waals surface area (Å²) in [7, 11) is 0. The zero-order chi connectivity index (χ0) is 15.2. The molecular formula is C15H20N2O4. The van der Waals surface area contributed by atoms with Gasteiger partial charge in [-0.05, 0) is 25.0 Å². The van der Waals surface area contributed by atoms with Gasteiger partial charge in [0, 0.05) is 25.4 Å². The fourth-order valence-corrected chi connectivity index (χ4v) is 2.62. The second-order valence-corrected chi connectivity index (χ2v) is 5.09. The first-order valence-electron chi connectivity index (χ1n) is 7.12. The summed E-state index contributed by atoms with van der Waals surface area (Å²) in [6.45, 7) is 2.82. The smallest absolute Gasteiger partial charge is 0.311 e. The molecule has 2 rings (SSSR count). The second-order valence-electron chi connectivity index (χ2n) is 5.09. The molecule has 2 unspecified atom stereocenters. The quantitative estimate of drug-likeness (QED) is 0.845. The van der Waals surface area contributed by atoms with Gasteiger partial charge in [-0.15, -0.1) is 0 Å². The third kappa shape index (κ3) is 3.78. The maximum Gasteiger partial charge on any atom is 0.311 e. The lowest BCUT2D eigenvalue weighted by Crippen LogP contribution is -2.46. The summed E-state index contributed by atoms with van der Waals surface area (Å²) in [5.74, 6) is -1.58. The Morgan fingerprint density at radius 2 is 2.29 bits per heavy atom. The molecule has 1 saturated heterocycles. The number of aliphatic carboxylic acids is 1. The van der Waals surface area contributed by atoms with Gasteiger partial charge in [-0.1, -0.05) is 6.07 Å². The highest BCUT2D eigenvalue weighted by Gasteiger charge is 2.39. The highest BCUT2D eigenvalue weighted by Crippen LogP contribution is 2.21. The maximum absolute atomic E-state index is 12.4. The normalized spacial score (nSPS) is 21.2. The van der Waals surface area contributed by atoms with Gasteiger partial charge in [0.05, 0.1) is 19.3 Å². The number of carboxylic acid groups (broad SMARTS) is 1. The average Bonchev–Trinajstić information content (AvgIpc) is 2.96. The average molecular weight is 292 g/mol. The van der Waals surface area contributed by atoms with Crippen molar-refractivity contribution in [2.75, 3.05) is 19.8 Å². The second kappa shape index (κ2) is 7.17. The van der Waals surface area contributed by atoms with Crippen LogP contribution in [0.25, 0.3) is 0 Å². The molecule has 1 fully saturated rings. The van der Waals surface area contributed by atoms with E-state index in [2.05, 4.69) is 4.98 Å². The number of ether oxygens (including phenoxy) is 1. The number of aromatic nitrogens is 1. The number of amides is 1. The molecule has 2 atom stereocenters. The molecule has 0 bridgehead atoms. The van der Waals surface area contributed by atoms with Crippen LogP contribution in [0.3, 0.4) is 0 Å². The molecule has 0 saturated carbocycles. The minimum absolute atomic E-state index is 0.0388. The first-order valence-corrected chi connectivity index (χ1v) is 7.12. The molecule has 1 aliphatic heterocycles. The highest BCUT2D eigenvalue weighted by molar-refractivity contribution is 5.78. The molecule has 21 heavy (non-hydrogen) atoms. The molecule has 1 N–H and O–H groups in total. The number of nitrogens with zero attached hydrogens (tertiary/aromatic N) is 2. The molecule has 0 spiro atoms. The van der Waals surface area contributed by atoms with E-state index in [0.717, 1.165) is 5.56 Å². The Bertz CT molecular complexity index is 492. The van der Waals surface area contributed by atoms with Crippen molar-refractivity contribution in [3.63, 3.8) is 0 Å². The van der Waals surface area contributed by atoms with Gasteiger partial charge in [-0.3, -0.25) is 14.6 Å². The van der Waals surface area contributed by atoms with Gasteiger partial charge in [0.15, 0.2) is 0 Å². The summed E-state index contributed by atoms with van der Waals surface area (Å²) in [4.78, 5) is 29.2. The lowest BCUT2D eigenvalue weighted by atomic mass is 10.0. The summed E-state index contributed by atoms with van der Waals surface area (Å²) >= 11 is 0. The van der Waals surface area contributed by atoms with Crippen molar-refractivity contribution in [2.45, 2.75) is 25.8 Å². The SMILES string of the molecule is CCN(C(=O)CCc1cccnc1)C1COCC1C(=O)O. The van der Waals surface area contributed by atoms with Gasteiger partial charge in [-0.25, -0.2) is 0 Å². The van der Waals surface area contributed by atoms with Crippen LogP contribution >= 0.6 is 0 Å². The zero-order valence-electron chi connectivity index (χ0n) is 12.1. The molecule has 0 aromatic carbocycles. The van der Waals surface area contributed by atoms with Crippen LogP contribution in [0, 0.1) is 5.92 Å². The van der Waals surface area contributed by atoms with Gasteiger partial charge in [0.1, 0.15) is 5.92 Å². The molecule has 6 heteroatoms. The van der Waals surface area contributed by atoms with Crippen LogP contribution in [0.1, 0.15) is 18.9 Å². The fourth-order valence-electron chi connectivity index (χ4n) is 2.62. The molecule has 0 radical (unpaired) electrons. The van der Waals surface area contributed by atoms with Crippen LogP contribution in [0.4, 0.5) is 0 Å². The Labute approximate surface area is 123 Å². The number of pyridine rings is 1. The van der Waals surface area contributed by atoms with Crippen LogP contribution in [-0.4, -0.2) is 52.7 Å². The third-order valence-corrected chi connectivity index (χ3v) is 3.78. The van der Waals surface area contributed by atoms with E-state index in [0.29, 0.717) is 26.0 Å². The Morgan fingerprint density at radius 1 is 1.48 bits per heavy atom. The van der Waals surface area contributed by atoms with Crippen LogP contribution in [-0.2, 0) is 20.7 Å². The van der Waals surface area contributed by atoms with Crippen LogP contribution in [0.2, 0.25) is 0 Å². The van der Waals surface area contributed by atoms with E-state index >= 15 is 0 Å². The molecule has 1 aliphatic rings. The third-order valence-electron chi connectivity index (χ3n) is 3.78. The van der Waals surface area contributed by atoms with Crippen molar-refractivity contribution in [3.8, 4) is 0 Å². The van der Waals surface area contributed by atoms with Gasteiger partial charge in [0.2, 0.25) is 5.91 Å². The minimum Gasteiger partial charge on any atom is -0.481 e. The Hall–Kier alpha value is -1.95. The number of rotatable bonds is 6. The van der Waals surface area contributed by atoms with Crippen molar-refractivity contribution in [3.05, 3.63) is 30.1 Å². The van der Waals surface area contributed by atoms with E-state index < -0.39 is 11.9 Å². The van der Waals surface area contributed by atoms with E-state index in [9.17, 15) is 14.7 Å². The zero-order valence-corrected chi connectivity index (χ0v) is 12.1. The Kier molecular flexibility index (Phi) is 5.27. The van der Waals surface area contributed by atoms with Gasteiger partial charge < -0.3 is 14.7 Å². The Morgan fingerprint density at radius 3 is 2.90 bits per heavy atom. The largest absolute Gasteiger partial charge is 0.481 e. The minimum atomic E-state index is -0.906. The fraction of sp³-hybridized carbons (Fsp3) is 0.533. The van der Waals surface area contributed by atoms with Crippen molar-refractivity contribution >= 4 is 11.9 Å². The van der Waals surface area contributed by atoms with Crippen molar-refractivity contribution in [1.29, 1.82) is 0 Å². The number of carbonyl (C=O) groups excluding carboxylic acids is 1. The molecule has 1 aromatic rings. The number of likely N-dealkylation sites (N-methyl/N-ethyl adjacent to an activating group) is 1. The molecule has 114 valence electrons. The Balaban J connectivity index is 1.97. The lowest BCUT2D eigenvalue weighted by molar-refractivity contribution is -0.145. The molecule has 2 heterocycles. The van der Waals surface area contributed by atoms with E-state index in [-0.39, 0.29) is 18.6 Å². The first kappa shape index (κ1) is 15.4. The summed E-state index contributed by atoms with van der Waals surface area (Å²) in [5, 5.41) is 9.19. The number of carboxylic acids is 1. The number of aryl methyl sites for hydroxylation is 1. The summed E-state index contributed by atoms with van der Waals surface area (Å²) < 4.78 is 5.24. The van der Waals surface area contributed by atoms with Crippen LogP contribution < -0.4 is 0 Å². The van der Waals surface area contributed by atoms with E-state index in [1.807, 2.05) is 19.1 Å². The molecular weight excluding hydrogens is 272 g/mol. The lowest BCUT2D eigenvalue weighted by Gasteiger charge is -2.29. The maximum atomic E-state index is 12.4. The highest BCUT2D eigenvalue weighted by atomic mass is 16.5. The summed E-state index contributed by atoms with van der Waals surface area (Å²) in [6.07, 6.45) is 4.39. The van der Waals surface area contributed by atoms with Gasteiger partial charge >= 0.3 is 5.97 Å². The van der Waals surface area contributed by atoms with Crippen LogP contribution in [0.5, 0.6) is 0 Å². The van der Waals surface area contributed by atoms with Crippen LogP contribution in [0.15, 0.2) is 24.5 Å². The number of carbonyl (C=O) groups is 2.